The molecule has 0 fully saturated rings. The van der Waals surface area contributed by atoms with Gasteiger partial charge in [-0.15, -0.1) is 0 Å². The van der Waals surface area contributed by atoms with E-state index in [0.717, 1.165) is 28.5 Å². The second-order valence-electron chi connectivity index (χ2n) is 4.44. The summed E-state index contributed by atoms with van der Waals surface area (Å²) in [5.74, 6) is 1.96. The minimum absolute atomic E-state index is 0.279. The smallest absolute Gasteiger partial charge is 0.133 e. The lowest BCUT2D eigenvalue weighted by Crippen LogP contribution is -2.06. The monoisotopic (exact) mass is 243 g/mol. The lowest BCUT2D eigenvalue weighted by atomic mass is 10.1. The number of rotatable bonds is 3. The number of anilines is 1. The van der Waals surface area contributed by atoms with Crippen LogP contribution < -0.4 is 5.32 Å². The first kappa shape index (κ1) is 12.4. The third kappa shape index (κ3) is 2.30. The maximum Gasteiger partial charge on any atom is 0.133 e. The quantitative estimate of drug-likeness (QED) is 0.896. The summed E-state index contributed by atoms with van der Waals surface area (Å²) in [7, 11) is 1.87. The fourth-order valence-corrected chi connectivity index (χ4v) is 1.74. The van der Waals surface area contributed by atoms with Gasteiger partial charge in [0.05, 0.1) is 5.69 Å². The van der Waals surface area contributed by atoms with Gasteiger partial charge >= 0.3 is 0 Å². The van der Waals surface area contributed by atoms with E-state index in [4.69, 9.17) is 0 Å². The van der Waals surface area contributed by atoms with Crippen LogP contribution >= 0.6 is 0 Å². The molecule has 0 bridgehead atoms. The normalized spacial score (nSPS) is 10.7. The SMILES string of the molecule is CNc1nc(C(C)C)nc(-c2cncnc2)c1C. The molecule has 18 heavy (non-hydrogen) atoms. The summed E-state index contributed by atoms with van der Waals surface area (Å²) in [5, 5.41) is 3.11. The number of hydrogen-bond acceptors (Lipinski definition) is 5. The van der Waals surface area contributed by atoms with Gasteiger partial charge in [0.2, 0.25) is 0 Å². The Kier molecular flexibility index (Phi) is 3.50. The van der Waals surface area contributed by atoms with Gasteiger partial charge in [-0.25, -0.2) is 19.9 Å². The Hall–Kier alpha value is -2.04. The number of hydrogen-bond donors (Lipinski definition) is 1. The highest BCUT2D eigenvalue weighted by Gasteiger charge is 2.13. The molecule has 0 unspecified atom stereocenters. The van der Waals surface area contributed by atoms with E-state index >= 15 is 0 Å². The fourth-order valence-electron chi connectivity index (χ4n) is 1.74. The van der Waals surface area contributed by atoms with Crippen LogP contribution in [0.2, 0.25) is 0 Å². The largest absolute Gasteiger partial charge is 0.373 e. The van der Waals surface area contributed by atoms with E-state index in [9.17, 15) is 0 Å². The van der Waals surface area contributed by atoms with Crippen LogP contribution in [0.15, 0.2) is 18.7 Å². The molecule has 0 aromatic carbocycles. The maximum absolute atomic E-state index is 4.62. The van der Waals surface area contributed by atoms with Gasteiger partial charge in [0.25, 0.3) is 0 Å². The predicted octanol–water partition coefficient (Wildman–Crippen LogP) is 2.41. The average Bonchev–Trinajstić information content (AvgIpc) is 2.39. The second-order valence-corrected chi connectivity index (χ2v) is 4.44. The van der Waals surface area contributed by atoms with Gasteiger partial charge in [-0.2, -0.15) is 0 Å². The molecule has 94 valence electrons. The van der Waals surface area contributed by atoms with Crippen molar-refractivity contribution in [1.82, 2.24) is 19.9 Å². The van der Waals surface area contributed by atoms with Crippen LogP contribution in [0.3, 0.4) is 0 Å². The average molecular weight is 243 g/mol. The van der Waals surface area contributed by atoms with Crippen molar-refractivity contribution in [3.8, 4) is 11.3 Å². The number of nitrogens with zero attached hydrogens (tertiary/aromatic N) is 4. The lowest BCUT2D eigenvalue weighted by molar-refractivity contribution is 0.775. The molecular formula is C13H17N5. The highest BCUT2D eigenvalue weighted by Crippen LogP contribution is 2.26. The van der Waals surface area contributed by atoms with Gasteiger partial charge < -0.3 is 5.32 Å². The zero-order valence-corrected chi connectivity index (χ0v) is 11.1. The van der Waals surface area contributed by atoms with E-state index in [1.165, 1.54) is 6.33 Å². The molecule has 5 heteroatoms. The Morgan fingerprint density at radius 2 is 1.78 bits per heavy atom. The Balaban J connectivity index is 2.62. The molecule has 0 amide bonds. The topological polar surface area (TPSA) is 63.6 Å². The van der Waals surface area contributed by atoms with E-state index < -0.39 is 0 Å². The Bertz CT molecular complexity index is 537. The first-order valence-corrected chi connectivity index (χ1v) is 5.95. The van der Waals surface area contributed by atoms with Crippen LogP contribution in [-0.4, -0.2) is 27.0 Å². The van der Waals surface area contributed by atoms with Gasteiger partial charge in [-0.1, -0.05) is 13.8 Å². The molecule has 2 aromatic rings. The van der Waals surface area contributed by atoms with Gasteiger partial charge in [0.1, 0.15) is 18.0 Å². The third-order valence-corrected chi connectivity index (χ3v) is 2.75. The zero-order chi connectivity index (χ0) is 13.1. The molecular weight excluding hydrogens is 226 g/mol. The van der Waals surface area contributed by atoms with Gasteiger partial charge in [0, 0.05) is 36.5 Å². The van der Waals surface area contributed by atoms with Crippen LogP contribution in [0.1, 0.15) is 31.2 Å². The molecule has 5 nitrogen and oxygen atoms in total. The second kappa shape index (κ2) is 5.08. The van der Waals surface area contributed by atoms with Gasteiger partial charge in [-0.3, -0.25) is 0 Å². The molecule has 0 radical (unpaired) electrons. The summed E-state index contributed by atoms with van der Waals surface area (Å²) in [6.45, 7) is 6.16. The lowest BCUT2D eigenvalue weighted by Gasteiger charge is -2.13. The van der Waals surface area contributed by atoms with E-state index in [2.05, 4.69) is 39.1 Å². The Morgan fingerprint density at radius 3 is 2.33 bits per heavy atom. The summed E-state index contributed by atoms with van der Waals surface area (Å²) in [4.78, 5) is 17.2. The van der Waals surface area contributed by atoms with Crippen molar-refractivity contribution >= 4 is 5.82 Å². The zero-order valence-electron chi connectivity index (χ0n) is 11.1. The van der Waals surface area contributed by atoms with Crippen molar-refractivity contribution in [3.63, 3.8) is 0 Å². The molecule has 0 aliphatic carbocycles. The van der Waals surface area contributed by atoms with E-state index in [1.807, 2.05) is 14.0 Å². The van der Waals surface area contributed by atoms with E-state index in [-0.39, 0.29) is 5.92 Å². The molecule has 0 aliphatic rings. The molecule has 0 saturated heterocycles. The van der Waals surface area contributed by atoms with Crippen molar-refractivity contribution < 1.29 is 0 Å². The van der Waals surface area contributed by atoms with E-state index in [0.29, 0.717) is 0 Å². The summed E-state index contributed by atoms with van der Waals surface area (Å²) >= 11 is 0. The summed E-state index contributed by atoms with van der Waals surface area (Å²) < 4.78 is 0. The number of aromatic nitrogens is 4. The van der Waals surface area contributed by atoms with E-state index in [1.54, 1.807) is 12.4 Å². The standard InChI is InChI=1S/C13H17N5/c1-8(2)12-17-11(9(3)13(14-4)18-12)10-5-15-7-16-6-10/h5-8H,1-4H3,(H,14,17,18). The van der Waals surface area contributed by atoms with Crippen LogP contribution in [0, 0.1) is 6.92 Å². The van der Waals surface area contributed by atoms with Crippen molar-refractivity contribution in [2.45, 2.75) is 26.7 Å². The van der Waals surface area contributed by atoms with Crippen molar-refractivity contribution in [2.75, 3.05) is 12.4 Å². The Morgan fingerprint density at radius 1 is 1.11 bits per heavy atom. The maximum atomic E-state index is 4.62. The van der Waals surface area contributed by atoms with Crippen molar-refractivity contribution in [2.24, 2.45) is 0 Å². The highest BCUT2D eigenvalue weighted by molar-refractivity contribution is 5.66. The molecule has 2 rings (SSSR count). The minimum atomic E-state index is 0.279. The summed E-state index contributed by atoms with van der Waals surface area (Å²) in [6.07, 6.45) is 5.06. The highest BCUT2D eigenvalue weighted by atomic mass is 15.0. The molecule has 0 atom stereocenters. The van der Waals surface area contributed by atoms with Crippen molar-refractivity contribution in [1.29, 1.82) is 0 Å². The van der Waals surface area contributed by atoms with Gasteiger partial charge in [-0.05, 0) is 6.92 Å². The Labute approximate surface area is 107 Å². The first-order chi connectivity index (χ1) is 8.63. The first-order valence-electron chi connectivity index (χ1n) is 5.95. The molecule has 2 aromatic heterocycles. The molecule has 0 aliphatic heterocycles. The number of nitrogens with one attached hydrogen (secondary N) is 1. The molecule has 0 saturated carbocycles. The van der Waals surface area contributed by atoms with Gasteiger partial charge in [0.15, 0.2) is 0 Å². The molecule has 2 heterocycles. The fraction of sp³-hybridized carbons (Fsp3) is 0.385. The van der Waals surface area contributed by atoms with Crippen LogP contribution in [0.5, 0.6) is 0 Å². The minimum Gasteiger partial charge on any atom is -0.373 e. The summed E-state index contributed by atoms with van der Waals surface area (Å²) in [6, 6.07) is 0. The van der Waals surface area contributed by atoms with Crippen LogP contribution in [0.25, 0.3) is 11.3 Å². The predicted molar refractivity (Wildman–Crippen MR) is 71.4 cm³/mol. The molecule has 0 spiro atoms. The third-order valence-electron chi connectivity index (χ3n) is 2.75. The van der Waals surface area contributed by atoms with Crippen LogP contribution in [-0.2, 0) is 0 Å². The summed E-state index contributed by atoms with van der Waals surface area (Å²) in [5.41, 5.74) is 2.81. The van der Waals surface area contributed by atoms with Crippen molar-refractivity contribution in [3.05, 3.63) is 30.1 Å². The van der Waals surface area contributed by atoms with Crippen LogP contribution in [0.4, 0.5) is 5.82 Å². The molecule has 1 N–H and O–H groups in total.